The van der Waals surface area contributed by atoms with Gasteiger partial charge in [0.2, 0.25) is 5.91 Å². The zero-order valence-electron chi connectivity index (χ0n) is 27.1. The molecule has 1 aromatic carbocycles. The van der Waals surface area contributed by atoms with Gasteiger partial charge in [-0.3, -0.25) is 14.7 Å². The number of hydrogen-bond donors (Lipinski definition) is 0. The lowest BCUT2D eigenvalue weighted by atomic mass is 9.78. The fourth-order valence-corrected chi connectivity index (χ4v) is 8.45. The van der Waals surface area contributed by atoms with E-state index < -0.39 is 5.60 Å². The second-order valence-electron chi connectivity index (χ2n) is 14.7. The summed E-state index contributed by atoms with van der Waals surface area (Å²) >= 11 is 12.8. The Morgan fingerprint density at radius 1 is 0.822 bits per heavy atom. The highest BCUT2D eigenvalue weighted by Gasteiger charge is 2.36. The number of carbonyl (C=O) groups excluding carboxylic acids is 2. The summed E-state index contributed by atoms with van der Waals surface area (Å²) in [5.41, 5.74) is 4.54. The molecule has 0 N–H and O–H groups in total. The zero-order chi connectivity index (χ0) is 31.7. The number of halogens is 2. The van der Waals surface area contributed by atoms with Gasteiger partial charge in [-0.25, -0.2) is 4.79 Å². The molecule has 0 bridgehead atoms. The summed E-state index contributed by atoms with van der Waals surface area (Å²) < 4.78 is 5.52. The van der Waals surface area contributed by atoms with Crippen molar-refractivity contribution >= 4 is 35.2 Å². The van der Waals surface area contributed by atoms with Crippen LogP contribution in [0.2, 0.25) is 10.0 Å². The summed E-state index contributed by atoms with van der Waals surface area (Å²) in [7, 11) is 0. The minimum atomic E-state index is -0.484. The molecule has 0 spiro atoms. The van der Waals surface area contributed by atoms with Gasteiger partial charge in [0.05, 0.1) is 16.8 Å². The van der Waals surface area contributed by atoms with Crippen LogP contribution < -0.4 is 0 Å². The number of amides is 2. The monoisotopic (exact) mass is 654 g/mol. The van der Waals surface area contributed by atoms with Crippen molar-refractivity contribution < 1.29 is 14.3 Å². The summed E-state index contributed by atoms with van der Waals surface area (Å²) in [6.07, 6.45) is 10.3. The maximum atomic E-state index is 13.2. The van der Waals surface area contributed by atoms with Gasteiger partial charge in [-0.05, 0) is 138 Å². The van der Waals surface area contributed by atoms with Gasteiger partial charge < -0.3 is 14.5 Å². The Morgan fingerprint density at radius 3 is 2.09 bits per heavy atom. The van der Waals surface area contributed by atoms with Gasteiger partial charge >= 0.3 is 6.09 Å². The summed E-state index contributed by atoms with van der Waals surface area (Å²) in [5, 5.41) is 1.49. The lowest BCUT2D eigenvalue weighted by Gasteiger charge is -2.43. The minimum Gasteiger partial charge on any atom is -0.444 e. The number of nitrogens with zero attached hydrogens (tertiary/aromatic N) is 4. The van der Waals surface area contributed by atoms with E-state index in [4.69, 9.17) is 32.9 Å². The van der Waals surface area contributed by atoms with Crippen molar-refractivity contribution in [2.24, 2.45) is 17.8 Å². The summed E-state index contributed by atoms with van der Waals surface area (Å²) in [5.74, 6) is 2.01. The number of hydrogen-bond acceptors (Lipinski definition) is 5. The molecule has 4 heterocycles. The van der Waals surface area contributed by atoms with Crippen LogP contribution in [0.1, 0.15) is 94.1 Å². The summed E-state index contributed by atoms with van der Waals surface area (Å²) in [6.45, 7) is 10.8. The number of benzene rings is 1. The molecule has 3 fully saturated rings. The van der Waals surface area contributed by atoms with Crippen molar-refractivity contribution in [1.29, 1.82) is 0 Å². The van der Waals surface area contributed by atoms with E-state index in [1.807, 2.05) is 26.8 Å². The fraction of sp³-hybridized carbons (Fsp3) is 0.639. The van der Waals surface area contributed by atoms with Crippen LogP contribution in [0, 0.1) is 17.8 Å². The molecule has 6 rings (SSSR count). The number of rotatable bonds is 4. The predicted octanol–water partition coefficient (Wildman–Crippen LogP) is 7.56. The summed E-state index contributed by atoms with van der Waals surface area (Å²) in [6, 6.07) is 8.58. The van der Waals surface area contributed by atoms with E-state index in [1.165, 1.54) is 29.5 Å². The molecule has 244 valence electrons. The molecule has 2 aromatic rings. The van der Waals surface area contributed by atoms with E-state index in [0.717, 1.165) is 75.4 Å². The van der Waals surface area contributed by atoms with Crippen molar-refractivity contribution in [1.82, 2.24) is 19.7 Å². The summed E-state index contributed by atoms with van der Waals surface area (Å²) in [4.78, 5) is 37.0. The van der Waals surface area contributed by atoms with E-state index in [9.17, 15) is 9.59 Å². The molecular formula is C36H48Cl2N4O3. The molecule has 1 aromatic heterocycles. The molecule has 9 heteroatoms. The Kier molecular flexibility index (Phi) is 9.98. The van der Waals surface area contributed by atoms with Crippen LogP contribution in [0.4, 0.5) is 4.79 Å². The van der Waals surface area contributed by atoms with Crippen LogP contribution in [0.15, 0.2) is 30.5 Å². The molecule has 0 saturated carbocycles. The second kappa shape index (κ2) is 13.8. The molecule has 1 atom stereocenters. The molecule has 0 radical (unpaired) electrons. The van der Waals surface area contributed by atoms with Crippen LogP contribution in [0.3, 0.4) is 0 Å². The maximum absolute atomic E-state index is 13.2. The first kappa shape index (κ1) is 32.6. The molecule has 45 heavy (non-hydrogen) atoms. The van der Waals surface area contributed by atoms with Crippen molar-refractivity contribution in [3.63, 3.8) is 0 Å². The highest BCUT2D eigenvalue weighted by molar-refractivity contribution is 6.30. The van der Waals surface area contributed by atoms with Gasteiger partial charge in [-0.2, -0.15) is 0 Å². The lowest BCUT2D eigenvalue weighted by Crippen LogP contribution is -2.45. The van der Waals surface area contributed by atoms with E-state index in [-0.39, 0.29) is 18.0 Å². The Labute approximate surface area is 278 Å². The number of aryl methyl sites for hydroxylation is 2. The zero-order valence-corrected chi connectivity index (χ0v) is 28.6. The number of carbonyl (C=O) groups is 2. The molecule has 3 saturated heterocycles. The Morgan fingerprint density at radius 2 is 1.42 bits per heavy atom. The molecule has 7 nitrogen and oxygen atoms in total. The largest absolute Gasteiger partial charge is 0.444 e. The Balaban J connectivity index is 0.994. The topological polar surface area (TPSA) is 66.0 Å². The standard InChI is InChI=1S/C36H48Cl2N4O3/c1-36(2,3)45-35(44)42-14-8-24(9-15-42)20-32(43)40-16-10-25(11-17-40)26-12-18-41(19-13-26)34-31-7-6-29(37)21-27(31)4-5-28-22-30(38)23-39-33(28)34/h6-7,21-26,34H,4-5,8-20H2,1-3H3. The maximum Gasteiger partial charge on any atom is 0.410 e. The van der Waals surface area contributed by atoms with Gasteiger partial charge in [0.25, 0.3) is 0 Å². The van der Waals surface area contributed by atoms with E-state index in [2.05, 4.69) is 28.0 Å². The first-order valence-electron chi connectivity index (χ1n) is 17.0. The van der Waals surface area contributed by atoms with Crippen LogP contribution in [-0.2, 0) is 22.4 Å². The van der Waals surface area contributed by atoms with Crippen molar-refractivity contribution in [3.8, 4) is 0 Å². The van der Waals surface area contributed by atoms with Gasteiger partial charge in [0.15, 0.2) is 0 Å². The average molecular weight is 656 g/mol. The molecule has 3 aliphatic heterocycles. The Bertz CT molecular complexity index is 1320. The first-order valence-corrected chi connectivity index (χ1v) is 17.7. The fourth-order valence-electron chi connectivity index (χ4n) is 8.07. The number of likely N-dealkylation sites (tertiary alicyclic amines) is 3. The number of aromatic nitrogens is 1. The predicted molar refractivity (Wildman–Crippen MR) is 179 cm³/mol. The Hall–Kier alpha value is -2.35. The molecule has 2 amide bonds. The van der Waals surface area contributed by atoms with Crippen LogP contribution >= 0.6 is 23.2 Å². The number of ether oxygens (including phenoxy) is 1. The van der Waals surface area contributed by atoms with Gasteiger partial charge in [0, 0.05) is 43.8 Å². The van der Waals surface area contributed by atoms with Gasteiger partial charge in [-0.15, -0.1) is 0 Å². The SMILES string of the molecule is CC(C)(C)OC(=O)N1CCC(CC(=O)N2CCC(C3CCN(C4c5ccc(Cl)cc5CCc5cc(Cl)cnc54)CC3)CC2)CC1. The lowest BCUT2D eigenvalue weighted by molar-refractivity contribution is -0.134. The van der Waals surface area contributed by atoms with Gasteiger partial charge in [0.1, 0.15) is 5.60 Å². The van der Waals surface area contributed by atoms with Crippen LogP contribution in [-0.4, -0.2) is 76.6 Å². The second-order valence-corrected chi connectivity index (χ2v) is 15.5. The highest BCUT2D eigenvalue weighted by atomic mass is 35.5. The van der Waals surface area contributed by atoms with E-state index >= 15 is 0 Å². The van der Waals surface area contributed by atoms with Gasteiger partial charge in [-0.1, -0.05) is 29.3 Å². The van der Waals surface area contributed by atoms with E-state index in [0.29, 0.717) is 42.3 Å². The molecule has 4 aliphatic rings. The normalized spacial score (nSPS) is 22.5. The molecular weight excluding hydrogens is 607 g/mol. The third-order valence-electron chi connectivity index (χ3n) is 10.5. The van der Waals surface area contributed by atoms with E-state index in [1.54, 1.807) is 11.1 Å². The number of pyridine rings is 1. The number of fused-ring (bicyclic) bond motifs is 2. The molecule has 1 unspecified atom stereocenters. The van der Waals surface area contributed by atoms with Crippen molar-refractivity contribution in [2.75, 3.05) is 39.3 Å². The number of piperidine rings is 3. The van der Waals surface area contributed by atoms with Crippen LogP contribution in [0.5, 0.6) is 0 Å². The molecule has 1 aliphatic carbocycles. The average Bonchev–Trinajstić information content (AvgIpc) is 3.17. The highest BCUT2D eigenvalue weighted by Crippen LogP contribution is 2.41. The third-order valence-corrected chi connectivity index (χ3v) is 11.0. The first-order chi connectivity index (χ1) is 21.5. The quantitative estimate of drug-likeness (QED) is 0.340. The van der Waals surface area contributed by atoms with Crippen molar-refractivity contribution in [3.05, 3.63) is 62.9 Å². The van der Waals surface area contributed by atoms with Crippen molar-refractivity contribution in [2.45, 2.75) is 90.2 Å². The third kappa shape index (κ3) is 7.80. The van der Waals surface area contributed by atoms with Crippen LogP contribution in [0.25, 0.3) is 0 Å². The smallest absolute Gasteiger partial charge is 0.410 e. The minimum absolute atomic E-state index is 0.128.